The fourth-order valence-corrected chi connectivity index (χ4v) is 0.990. The van der Waals surface area contributed by atoms with Crippen molar-refractivity contribution in [3.05, 3.63) is 30.1 Å². The number of rotatable bonds is 1. The van der Waals surface area contributed by atoms with Gasteiger partial charge in [-0.05, 0) is 18.8 Å². The molecule has 0 saturated heterocycles. The zero-order valence-electron chi connectivity index (χ0n) is 6.26. The molecule has 0 bridgehead atoms. The van der Waals surface area contributed by atoms with Crippen molar-refractivity contribution >= 4 is 23.1 Å². The standard InChI is InChI=1S/C8H8N.ClH.Mg/c1-2-8(6-9-5-1)7-3-4-7;;/h1-2,6-7H,3-4H2;1H;/q-1;;+2/p-1. The van der Waals surface area contributed by atoms with Crippen molar-refractivity contribution in [2.75, 3.05) is 0 Å². The van der Waals surface area contributed by atoms with Crippen LogP contribution >= 0.6 is 0 Å². The quantitative estimate of drug-likeness (QED) is 0.372. The number of aromatic nitrogens is 1. The number of pyridine rings is 1. The predicted octanol–water partition coefficient (Wildman–Crippen LogP) is -1.62. The summed E-state index contributed by atoms with van der Waals surface area (Å²) in [5.74, 6) is 0.826. The van der Waals surface area contributed by atoms with Crippen molar-refractivity contribution in [1.29, 1.82) is 0 Å². The van der Waals surface area contributed by atoms with Crippen LogP contribution < -0.4 is 12.4 Å². The maximum atomic E-state index is 3.92. The van der Waals surface area contributed by atoms with E-state index in [0.29, 0.717) is 0 Å². The topological polar surface area (TPSA) is 12.9 Å². The Hall–Kier alpha value is 0.206. The minimum Gasteiger partial charge on any atom is -1.00 e. The summed E-state index contributed by atoms with van der Waals surface area (Å²) in [5, 5.41) is 0. The van der Waals surface area contributed by atoms with E-state index >= 15 is 0 Å². The van der Waals surface area contributed by atoms with Gasteiger partial charge in [-0.3, -0.25) is 0 Å². The largest absolute Gasteiger partial charge is 2.00 e. The van der Waals surface area contributed by atoms with Gasteiger partial charge in [-0.25, -0.2) is 0 Å². The first-order valence-electron chi connectivity index (χ1n) is 3.29. The predicted molar refractivity (Wildman–Crippen MR) is 40.8 cm³/mol. The van der Waals surface area contributed by atoms with Crippen LogP contribution in [-0.4, -0.2) is 28.0 Å². The molecule has 0 spiro atoms. The van der Waals surface area contributed by atoms with Crippen LogP contribution in [0.25, 0.3) is 0 Å². The molecular weight excluding hydrogens is 170 g/mol. The van der Waals surface area contributed by atoms with E-state index in [0.717, 1.165) is 5.92 Å². The molecule has 1 aliphatic carbocycles. The van der Waals surface area contributed by atoms with Crippen molar-refractivity contribution in [2.45, 2.75) is 18.8 Å². The van der Waals surface area contributed by atoms with Crippen LogP contribution in [0.1, 0.15) is 24.3 Å². The molecule has 0 amide bonds. The van der Waals surface area contributed by atoms with Gasteiger partial charge < -0.3 is 17.4 Å². The number of hydrogen-bond acceptors (Lipinski definition) is 1. The molecular formula is C8H8ClMgN. The smallest absolute Gasteiger partial charge is 1.00 e. The summed E-state index contributed by atoms with van der Waals surface area (Å²) in [4.78, 5) is 3.92. The molecule has 0 N–H and O–H groups in total. The van der Waals surface area contributed by atoms with E-state index in [1.54, 1.807) is 0 Å². The molecule has 11 heavy (non-hydrogen) atoms. The molecule has 1 heterocycles. The molecule has 1 aliphatic rings. The zero-order chi connectivity index (χ0) is 6.10. The summed E-state index contributed by atoms with van der Waals surface area (Å²) in [6.45, 7) is 0. The minimum atomic E-state index is 0. The Bertz CT molecular complexity index is 199. The van der Waals surface area contributed by atoms with Crippen LogP contribution in [0.15, 0.2) is 18.3 Å². The third-order valence-electron chi connectivity index (χ3n) is 1.69. The third kappa shape index (κ3) is 2.97. The van der Waals surface area contributed by atoms with Crippen LogP contribution in [0.4, 0.5) is 0 Å². The fourth-order valence-electron chi connectivity index (χ4n) is 0.990. The summed E-state index contributed by atoms with van der Waals surface area (Å²) >= 11 is 0. The second-order valence-corrected chi connectivity index (χ2v) is 2.49. The molecule has 0 aliphatic heterocycles. The van der Waals surface area contributed by atoms with Gasteiger partial charge in [0.1, 0.15) is 0 Å². The first-order chi connectivity index (χ1) is 4.47. The zero-order valence-corrected chi connectivity index (χ0v) is 8.43. The Morgan fingerprint density at radius 3 is 2.64 bits per heavy atom. The molecule has 2 rings (SSSR count). The van der Waals surface area contributed by atoms with E-state index in [4.69, 9.17) is 0 Å². The van der Waals surface area contributed by atoms with Gasteiger partial charge >= 0.3 is 23.1 Å². The van der Waals surface area contributed by atoms with Crippen molar-refractivity contribution < 1.29 is 12.4 Å². The average Bonchev–Trinajstić information content (AvgIpc) is 2.71. The van der Waals surface area contributed by atoms with Gasteiger partial charge in [-0.15, -0.1) is 5.56 Å². The van der Waals surface area contributed by atoms with Crippen molar-refractivity contribution in [3.8, 4) is 0 Å². The molecule has 1 nitrogen and oxygen atoms in total. The Morgan fingerprint density at radius 2 is 2.18 bits per heavy atom. The summed E-state index contributed by atoms with van der Waals surface area (Å²) in [6.07, 6.45) is 7.39. The van der Waals surface area contributed by atoms with E-state index in [9.17, 15) is 0 Å². The van der Waals surface area contributed by atoms with Gasteiger partial charge in [-0.1, -0.05) is 12.4 Å². The van der Waals surface area contributed by atoms with Gasteiger partial charge in [0.2, 0.25) is 0 Å². The molecule has 0 aromatic carbocycles. The van der Waals surface area contributed by atoms with Crippen LogP contribution in [0.5, 0.6) is 0 Å². The number of nitrogens with zero attached hydrogens (tertiary/aromatic N) is 1. The molecule has 1 aromatic rings. The molecule has 0 unspecified atom stereocenters. The summed E-state index contributed by atoms with van der Waals surface area (Å²) in [5.41, 5.74) is 1.38. The normalized spacial score (nSPS) is 14.5. The summed E-state index contributed by atoms with van der Waals surface area (Å²) < 4.78 is 0. The second kappa shape index (κ2) is 4.96. The third-order valence-corrected chi connectivity index (χ3v) is 1.69. The Balaban J connectivity index is 0.000000500. The first kappa shape index (κ1) is 11.2. The average molecular weight is 178 g/mol. The molecule has 0 atom stereocenters. The van der Waals surface area contributed by atoms with Crippen molar-refractivity contribution in [2.24, 2.45) is 0 Å². The maximum Gasteiger partial charge on any atom is 2.00 e. The van der Waals surface area contributed by atoms with Gasteiger partial charge in [0, 0.05) is 0 Å². The molecule has 1 fully saturated rings. The Kier molecular flexibility index (Phi) is 5.05. The van der Waals surface area contributed by atoms with E-state index in [1.165, 1.54) is 18.4 Å². The van der Waals surface area contributed by atoms with Gasteiger partial charge in [-0.2, -0.15) is 12.1 Å². The van der Waals surface area contributed by atoms with E-state index in [1.807, 2.05) is 12.3 Å². The van der Waals surface area contributed by atoms with Crippen LogP contribution in [0.2, 0.25) is 0 Å². The van der Waals surface area contributed by atoms with E-state index in [2.05, 4.69) is 17.2 Å². The van der Waals surface area contributed by atoms with Gasteiger partial charge in [0.25, 0.3) is 0 Å². The minimum absolute atomic E-state index is 0. The molecule has 54 valence electrons. The van der Waals surface area contributed by atoms with Crippen LogP contribution in [0.3, 0.4) is 0 Å². The van der Waals surface area contributed by atoms with Crippen LogP contribution in [-0.2, 0) is 0 Å². The first-order valence-corrected chi connectivity index (χ1v) is 3.29. The van der Waals surface area contributed by atoms with Crippen LogP contribution in [0, 0.1) is 6.20 Å². The SMILES string of the molecule is [Cl-].[Mg+2].[c-]1ccc(C2CC2)cn1. The van der Waals surface area contributed by atoms with Crippen molar-refractivity contribution in [1.82, 2.24) is 4.98 Å². The molecule has 3 heteroatoms. The van der Waals surface area contributed by atoms with Crippen molar-refractivity contribution in [3.63, 3.8) is 0 Å². The van der Waals surface area contributed by atoms with Gasteiger partial charge in [0.15, 0.2) is 0 Å². The summed E-state index contributed by atoms with van der Waals surface area (Å²) in [7, 11) is 0. The van der Waals surface area contributed by atoms with E-state index in [-0.39, 0.29) is 35.5 Å². The fraction of sp³-hybridized carbons (Fsp3) is 0.375. The summed E-state index contributed by atoms with van der Waals surface area (Å²) in [6, 6.07) is 3.98. The molecule has 0 radical (unpaired) electrons. The van der Waals surface area contributed by atoms with E-state index < -0.39 is 0 Å². The van der Waals surface area contributed by atoms with Gasteiger partial charge in [0.05, 0.1) is 0 Å². The Morgan fingerprint density at radius 1 is 1.45 bits per heavy atom. The number of halogens is 1. The maximum absolute atomic E-state index is 3.92. The monoisotopic (exact) mass is 177 g/mol. The molecule has 1 aromatic heterocycles. The molecule has 1 saturated carbocycles. The second-order valence-electron chi connectivity index (χ2n) is 2.49. The Labute approximate surface area is 89.2 Å². The number of hydrogen-bond donors (Lipinski definition) is 0.